The molecule has 0 spiro atoms. The molecule has 0 saturated carbocycles. The maximum atomic E-state index is 15.4. The highest BCUT2D eigenvalue weighted by Gasteiger charge is 2.31. The van der Waals surface area contributed by atoms with Gasteiger partial charge in [-0.3, -0.25) is 0 Å². The van der Waals surface area contributed by atoms with Gasteiger partial charge in [0.05, 0.1) is 49.4 Å². The molecule has 1 aromatic carbocycles. The second-order valence-electron chi connectivity index (χ2n) is 10.4. The molecule has 0 radical (unpaired) electrons. The van der Waals surface area contributed by atoms with E-state index in [0.717, 1.165) is 5.56 Å². The van der Waals surface area contributed by atoms with Crippen LogP contribution < -0.4 is 0 Å². The van der Waals surface area contributed by atoms with E-state index >= 15 is 8.78 Å². The number of aromatic nitrogens is 2. The van der Waals surface area contributed by atoms with Crippen molar-refractivity contribution in [1.29, 1.82) is 0 Å². The van der Waals surface area contributed by atoms with Gasteiger partial charge in [0.25, 0.3) is 0 Å². The molecule has 5 rings (SSSR count). The van der Waals surface area contributed by atoms with E-state index in [0.29, 0.717) is 37.7 Å². The van der Waals surface area contributed by atoms with Crippen molar-refractivity contribution in [2.45, 2.75) is 52.1 Å². The fourth-order valence-electron chi connectivity index (χ4n) is 4.65. The largest absolute Gasteiger partial charge is 0.444 e. The summed E-state index contributed by atoms with van der Waals surface area (Å²) in [5.74, 6) is -1.51. The minimum atomic E-state index is -0.796. The van der Waals surface area contributed by atoms with Crippen LogP contribution in [0.5, 0.6) is 0 Å². The second-order valence-corrected chi connectivity index (χ2v) is 10.4. The fraction of sp³-hybridized carbons (Fsp3) is 0.481. The molecule has 198 valence electrons. The molecule has 8 nitrogen and oxygen atoms in total. The van der Waals surface area contributed by atoms with Crippen molar-refractivity contribution in [1.82, 2.24) is 14.3 Å². The number of halogens is 2. The number of morpholine rings is 1. The van der Waals surface area contributed by atoms with Gasteiger partial charge < -0.3 is 28.2 Å². The minimum absolute atomic E-state index is 0.193. The molecular formula is C27H31F2N3O5. The third kappa shape index (κ3) is 5.46. The lowest BCUT2D eigenvalue weighted by Crippen LogP contribution is -2.48. The van der Waals surface area contributed by atoms with E-state index < -0.39 is 35.7 Å². The average molecular weight is 516 g/mol. The SMILES string of the molecule is Cc1ccn2c(C[C@@H]3CN(C(=O)OC(C)(C)C)CCO3)c(-c3c(F)cc(C4OCCO4)cc3F)nc2c1. The summed E-state index contributed by atoms with van der Waals surface area (Å²) >= 11 is 0. The van der Waals surface area contributed by atoms with E-state index in [-0.39, 0.29) is 29.8 Å². The number of pyridine rings is 1. The van der Waals surface area contributed by atoms with E-state index in [2.05, 4.69) is 4.98 Å². The number of hydrogen-bond acceptors (Lipinski definition) is 6. The van der Waals surface area contributed by atoms with Gasteiger partial charge in [0, 0.05) is 24.7 Å². The van der Waals surface area contributed by atoms with Crippen molar-refractivity contribution in [2.75, 3.05) is 32.9 Å². The Morgan fingerprint density at radius 2 is 1.81 bits per heavy atom. The van der Waals surface area contributed by atoms with Crippen LogP contribution in [0.3, 0.4) is 0 Å². The highest BCUT2D eigenvalue weighted by atomic mass is 19.1. The number of carbonyl (C=O) groups is 1. The van der Waals surface area contributed by atoms with E-state index in [4.69, 9.17) is 18.9 Å². The summed E-state index contributed by atoms with van der Waals surface area (Å²) in [6, 6.07) is 6.22. The van der Waals surface area contributed by atoms with Gasteiger partial charge in [0.1, 0.15) is 22.9 Å². The second kappa shape index (κ2) is 10.00. The van der Waals surface area contributed by atoms with Gasteiger partial charge >= 0.3 is 6.09 Å². The standard InChI is InChI=1S/C27H31F2N3O5/c1-16-5-6-32-21(14-18-15-31(7-8-34-18)26(33)37-27(2,3)4)24(30-22(32)11-16)23-19(28)12-17(13-20(23)29)25-35-9-10-36-25/h5-6,11-13,18,25H,7-10,14-15H2,1-4H3/t18-/m1/s1. The topological polar surface area (TPSA) is 74.5 Å². The molecule has 1 atom stereocenters. The first-order chi connectivity index (χ1) is 17.6. The number of amides is 1. The van der Waals surface area contributed by atoms with Gasteiger partial charge in [-0.15, -0.1) is 0 Å². The van der Waals surface area contributed by atoms with Crippen LogP contribution in [0.25, 0.3) is 16.9 Å². The molecule has 1 amide bonds. The number of nitrogens with zero attached hydrogens (tertiary/aromatic N) is 3. The molecule has 2 fully saturated rings. The summed E-state index contributed by atoms with van der Waals surface area (Å²) < 4.78 is 55.0. The van der Waals surface area contributed by atoms with Crippen LogP contribution in [0.1, 0.15) is 43.9 Å². The molecule has 2 aliphatic rings. The minimum Gasteiger partial charge on any atom is -0.444 e. The predicted octanol–water partition coefficient (Wildman–Crippen LogP) is 4.81. The first kappa shape index (κ1) is 25.6. The third-order valence-electron chi connectivity index (χ3n) is 6.29. The number of hydrogen-bond donors (Lipinski definition) is 0. The molecule has 0 N–H and O–H groups in total. The first-order valence-electron chi connectivity index (χ1n) is 12.4. The zero-order chi connectivity index (χ0) is 26.3. The molecule has 4 heterocycles. The Morgan fingerprint density at radius 1 is 1.11 bits per heavy atom. The van der Waals surface area contributed by atoms with Gasteiger partial charge in [0.2, 0.25) is 0 Å². The van der Waals surface area contributed by atoms with Crippen LogP contribution >= 0.6 is 0 Å². The molecule has 10 heteroatoms. The van der Waals surface area contributed by atoms with Crippen LogP contribution in [0.2, 0.25) is 0 Å². The lowest BCUT2D eigenvalue weighted by Gasteiger charge is -2.34. The Morgan fingerprint density at radius 3 is 2.49 bits per heavy atom. The van der Waals surface area contributed by atoms with Crippen LogP contribution in [-0.2, 0) is 25.4 Å². The van der Waals surface area contributed by atoms with Crippen molar-refractivity contribution in [3.8, 4) is 11.3 Å². The van der Waals surface area contributed by atoms with Gasteiger partial charge in [-0.05, 0) is 57.5 Å². The number of rotatable bonds is 4. The summed E-state index contributed by atoms with van der Waals surface area (Å²) in [5.41, 5.74) is 1.75. The number of fused-ring (bicyclic) bond motifs is 1. The molecule has 3 aromatic rings. The zero-order valence-corrected chi connectivity index (χ0v) is 21.4. The van der Waals surface area contributed by atoms with Crippen molar-refractivity contribution in [2.24, 2.45) is 0 Å². The van der Waals surface area contributed by atoms with Gasteiger partial charge in [-0.25, -0.2) is 18.6 Å². The summed E-state index contributed by atoms with van der Waals surface area (Å²) in [7, 11) is 0. The Bertz CT molecular complexity index is 1290. The lowest BCUT2D eigenvalue weighted by molar-refractivity contribution is -0.0445. The van der Waals surface area contributed by atoms with Crippen LogP contribution in [0.15, 0.2) is 30.5 Å². The molecule has 0 aliphatic carbocycles. The number of ether oxygens (including phenoxy) is 4. The van der Waals surface area contributed by atoms with E-state index in [1.807, 2.05) is 50.4 Å². The smallest absolute Gasteiger partial charge is 0.410 e. The quantitative estimate of drug-likeness (QED) is 0.497. The van der Waals surface area contributed by atoms with E-state index in [1.54, 1.807) is 4.90 Å². The molecule has 2 aromatic heterocycles. The Balaban J connectivity index is 1.49. The highest BCUT2D eigenvalue weighted by molar-refractivity contribution is 5.69. The van der Waals surface area contributed by atoms with E-state index in [1.165, 1.54) is 12.1 Å². The van der Waals surface area contributed by atoms with Crippen LogP contribution in [-0.4, -0.2) is 65.0 Å². The predicted molar refractivity (Wildman–Crippen MR) is 131 cm³/mol. The Labute approximate surface area is 214 Å². The molecule has 2 aliphatic heterocycles. The van der Waals surface area contributed by atoms with Crippen molar-refractivity contribution in [3.63, 3.8) is 0 Å². The van der Waals surface area contributed by atoms with Crippen LogP contribution in [0.4, 0.5) is 13.6 Å². The summed E-state index contributed by atoms with van der Waals surface area (Å²) in [4.78, 5) is 18.9. The van der Waals surface area contributed by atoms with E-state index in [9.17, 15) is 4.79 Å². The van der Waals surface area contributed by atoms with Gasteiger partial charge in [0.15, 0.2) is 6.29 Å². The molecule has 37 heavy (non-hydrogen) atoms. The van der Waals surface area contributed by atoms with Crippen molar-refractivity contribution in [3.05, 3.63) is 58.9 Å². The zero-order valence-electron chi connectivity index (χ0n) is 21.4. The maximum absolute atomic E-state index is 15.4. The number of imidazole rings is 1. The van der Waals surface area contributed by atoms with Crippen LogP contribution in [0, 0.1) is 18.6 Å². The summed E-state index contributed by atoms with van der Waals surface area (Å²) in [6.07, 6.45) is 0.491. The molecule has 0 unspecified atom stereocenters. The highest BCUT2D eigenvalue weighted by Crippen LogP contribution is 2.34. The van der Waals surface area contributed by atoms with Crippen molar-refractivity contribution < 1.29 is 32.5 Å². The fourth-order valence-corrected chi connectivity index (χ4v) is 4.65. The molecule has 0 bridgehead atoms. The normalized spacial score (nSPS) is 19.1. The van der Waals surface area contributed by atoms with Crippen molar-refractivity contribution >= 4 is 11.7 Å². The van der Waals surface area contributed by atoms with Gasteiger partial charge in [-0.1, -0.05) is 0 Å². The number of aryl methyl sites for hydroxylation is 1. The average Bonchev–Trinajstić information content (AvgIpc) is 3.47. The lowest BCUT2D eigenvalue weighted by atomic mass is 10.0. The maximum Gasteiger partial charge on any atom is 0.410 e. The summed E-state index contributed by atoms with van der Waals surface area (Å²) in [6.45, 7) is 9.12. The van der Waals surface area contributed by atoms with Gasteiger partial charge in [-0.2, -0.15) is 0 Å². The third-order valence-corrected chi connectivity index (χ3v) is 6.29. The molecule has 2 saturated heterocycles. The monoisotopic (exact) mass is 515 g/mol. The first-order valence-corrected chi connectivity index (χ1v) is 12.4. The Kier molecular flexibility index (Phi) is 6.91. The molecular weight excluding hydrogens is 484 g/mol. The number of benzene rings is 1. The Hall–Kier alpha value is -3.08. The number of carbonyl (C=O) groups excluding carboxylic acids is 1. The summed E-state index contributed by atoms with van der Waals surface area (Å²) in [5, 5.41) is 0.